The minimum absolute atomic E-state index is 0.388. The van der Waals surface area contributed by atoms with Crippen molar-refractivity contribution in [1.29, 1.82) is 0 Å². The van der Waals surface area contributed by atoms with Crippen molar-refractivity contribution in [1.82, 2.24) is 0 Å². The molecular weight excluding hydrogens is 176 g/mol. The van der Waals surface area contributed by atoms with Crippen LogP contribution >= 0.6 is 12.6 Å². The van der Waals surface area contributed by atoms with Crippen molar-refractivity contribution < 1.29 is 0 Å². The number of rotatable bonds is 3. The number of hydrogen-bond acceptors (Lipinski definition) is 1. The van der Waals surface area contributed by atoms with Gasteiger partial charge < -0.3 is 0 Å². The van der Waals surface area contributed by atoms with E-state index in [-0.39, 0.29) is 0 Å². The van der Waals surface area contributed by atoms with Crippen molar-refractivity contribution in [2.24, 2.45) is 17.3 Å². The molecule has 13 heavy (non-hydrogen) atoms. The highest BCUT2D eigenvalue weighted by Gasteiger charge is 2.27. The first-order valence-corrected chi connectivity index (χ1v) is 5.67. The molecule has 0 aliphatic heterocycles. The van der Waals surface area contributed by atoms with E-state index >= 15 is 0 Å². The molecule has 2 unspecified atom stereocenters. The highest BCUT2D eigenvalue weighted by Crippen LogP contribution is 2.37. The summed E-state index contributed by atoms with van der Waals surface area (Å²) in [6.45, 7) is 13.7. The minimum Gasteiger partial charge on any atom is -0.151 e. The lowest BCUT2D eigenvalue weighted by atomic mass is 9.71. The molecule has 0 saturated carbocycles. The first kappa shape index (κ1) is 13.1. The van der Waals surface area contributed by atoms with E-state index in [4.69, 9.17) is 0 Å². The average Bonchev–Trinajstić information content (AvgIpc) is 2.03. The summed E-state index contributed by atoms with van der Waals surface area (Å²) in [5.41, 5.74) is 1.80. The lowest BCUT2D eigenvalue weighted by Crippen LogP contribution is -2.25. The molecule has 0 aromatic heterocycles. The summed E-state index contributed by atoms with van der Waals surface area (Å²) in [4.78, 5) is 0. The van der Waals surface area contributed by atoms with Gasteiger partial charge in [0, 0.05) is 0 Å². The molecule has 0 fully saturated rings. The standard InChI is InChI=1S/C12H24S/c1-7-11(9(2)8-13)10(3)12(4,5)6/h8,10-11,13H,7H2,1-6H3/b9-8-. The molecule has 0 spiro atoms. The van der Waals surface area contributed by atoms with Crippen LogP contribution in [0.25, 0.3) is 0 Å². The van der Waals surface area contributed by atoms with Crippen LogP contribution in [-0.2, 0) is 0 Å². The van der Waals surface area contributed by atoms with Gasteiger partial charge in [-0.2, -0.15) is 12.6 Å². The van der Waals surface area contributed by atoms with Crippen molar-refractivity contribution in [2.75, 3.05) is 0 Å². The largest absolute Gasteiger partial charge is 0.151 e. The normalized spacial score (nSPS) is 18.5. The summed E-state index contributed by atoms with van der Waals surface area (Å²) >= 11 is 4.24. The van der Waals surface area contributed by atoms with Gasteiger partial charge in [-0.05, 0) is 36.0 Å². The lowest BCUT2D eigenvalue weighted by Gasteiger charge is -2.34. The van der Waals surface area contributed by atoms with E-state index in [0.29, 0.717) is 17.3 Å². The van der Waals surface area contributed by atoms with Crippen LogP contribution < -0.4 is 0 Å². The third-order valence-electron chi connectivity index (χ3n) is 3.20. The van der Waals surface area contributed by atoms with Gasteiger partial charge in [0.1, 0.15) is 0 Å². The maximum Gasteiger partial charge on any atom is -0.0170 e. The highest BCUT2D eigenvalue weighted by atomic mass is 32.1. The zero-order valence-electron chi connectivity index (χ0n) is 9.89. The minimum atomic E-state index is 0.388. The molecule has 2 atom stereocenters. The first-order chi connectivity index (χ1) is 5.84. The third-order valence-corrected chi connectivity index (χ3v) is 3.61. The van der Waals surface area contributed by atoms with E-state index in [1.54, 1.807) is 0 Å². The molecule has 0 rings (SSSR count). The van der Waals surface area contributed by atoms with Gasteiger partial charge in [0.05, 0.1) is 0 Å². The summed E-state index contributed by atoms with van der Waals surface area (Å²) in [6, 6.07) is 0. The Bertz CT molecular complexity index is 174. The molecular formula is C12H24S. The van der Waals surface area contributed by atoms with E-state index in [1.807, 2.05) is 5.41 Å². The lowest BCUT2D eigenvalue weighted by molar-refractivity contribution is 0.194. The van der Waals surface area contributed by atoms with Gasteiger partial charge >= 0.3 is 0 Å². The molecule has 0 saturated heterocycles. The number of thiol groups is 1. The topological polar surface area (TPSA) is 0 Å². The fourth-order valence-corrected chi connectivity index (χ4v) is 1.96. The number of hydrogen-bond donors (Lipinski definition) is 1. The summed E-state index contributed by atoms with van der Waals surface area (Å²) in [6.07, 6.45) is 1.21. The molecule has 0 aromatic carbocycles. The van der Waals surface area contributed by atoms with Crippen molar-refractivity contribution in [3.63, 3.8) is 0 Å². The Morgan fingerprint density at radius 3 is 2.08 bits per heavy atom. The average molecular weight is 200 g/mol. The molecule has 0 amide bonds. The summed E-state index contributed by atoms with van der Waals surface area (Å²) in [5, 5.41) is 1.95. The quantitative estimate of drug-likeness (QED) is 0.636. The van der Waals surface area contributed by atoms with Gasteiger partial charge in [-0.25, -0.2) is 0 Å². The molecule has 0 bridgehead atoms. The van der Waals surface area contributed by atoms with E-state index in [0.717, 1.165) is 0 Å². The molecule has 0 aliphatic rings. The Kier molecular flexibility index (Phi) is 5.13. The Balaban J connectivity index is 4.60. The van der Waals surface area contributed by atoms with E-state index in [2.05, 4.69) is 54.2 Å². The smallest absolute Gasteiger partial charge is 0.0170 e. The zero-order chi connectivity index (χ0) is 10.6. The Labute approximate surface area is 89.2 Å². The van der Waals surface area contributed by atoms with E-state index < -0.39 is 0 Å². The summed E-state index contributed by atoms with van der Waals surface area (Å²) < 4.78 is 0. The van der Waals surface area contributed by atoms with E-state index in [1.165, 1.54) is 12.0 Å². The predicted octanol–water partition coefficient (Wildman–Crippen LogP) is 4.53. The Hall–Kier alpha value is 0.0900. The maximum absolute atomic E-state index is 4.24. The number of allylic oxidation sites excluding steroid dienone is 1. The molecule has 0 radical (unpaired) electrons. The fourth-order valence-electron chi connectivity index (χ4n) is 1.77. The monoisotopic (exact) mass is 200 g/mol. The van der Waals surface area contributed by atoms with Crippen molar-refractivity contribution in [2.45, 2.75) is 48.0 Å². The maximum atomic E-state index is 4.24. The van der Waals surface area contributed by atoms with Crippen LogP contribution in [-0.4, -0.2) is 0 Å². The van der Waals surface area contributed by atoms with Gasteiger partial charge in [0.15, 0.2) is 0 Å². The van der Waals surface area contributed by atoms with Crippen LogP contribution in [0.1, 0.15) is 48.0 Å². The van der Waals surface area contributed by atoms with Crippen molar-refractivity contribution in [3.05, 3.63) is 11.0 Å². The van der Waals surface area contributed by atoms with E-state index in [9.17, 15) is 0 Å². The zero-order valence-corrected chi connectivity index (χ0v) is 10.8. The molecule has 78 valence electrons. The van der Waals surface area contributed by atoms with Crippen LogP contribution in [0.4, 0.5) is 0 Å². The fraction of sp³-hybridized carbons (Fsp3) is 0.833. The van der Waals surface area contributed by atoms with Crippen LogP contribution in [0.3, 0.4) is 0 Å². The highest BCUT2D eigenvalue weighted by molar-refractivity contribution is 7.83. The van der Waals surface area contributed by atoms with Crippen LogP contribution in [0.15, 0.2) is 11.0 Å². The predicted molar refractivity (Wildman–Crippen MR) is 65.1 cm³/mol. The summed E-state index contributed by atoms with van der Waals surface area (Å²) in [5.74, 6) is 1.39. The Morgan fingerprint density at radius 2 is 1.85 bits per heavy atom. The van der Waals surface area contributed by atoms with Crippen LogP contribution in [0.2, 0.25) is 0 Å². The van der Waals surface area contributed by atoms with Gasteiger partial charge in [0.2, 0.25) is 0 Å². The molecule has 1 heteroatoms. The Morgan fingerprint density at radius 1 is 1.38 bits per heavy atom. The second kappa shape index (κ2) is 5.09. The SMILES string of the molecule is CCC(/C(C)=C\S)C(C)C(C)(C)C. The van der Waals surface area contributed by atoms with Gasteiger partial charge in [0.25, 0.3) is 0 Å². The van der Waals surface area contributed by atoms with Crippen molar-refractivity contribution >= 4 is 12.6 Å². The van der Waals surface area contributed by atoms with Gasteiger partial charge in [-0.1, -0.05) is 40.2 Å². The third kappa shape index (κ3) is 3.76. The second-order valence-electron chi connectivity index (χ2n) is 5.04. The van der Waals surface area contributed by atoms with Crippen molar-refractivity contribution in [3.8, 4) is 0 Å². The molecule has 0 N–H and O–H groups in total. The van der Waals surface area contributed by atoms with Gasteiger partial charge in [-0.15, -0.1) is 0 Å². The molecule has 0 nitrogen and oxygen atoms in total. The molecule has 0 heterocycles. The second-order valence-corrected chi connectivity index (χ2v) is 5.30. The molecule has 0 aromatic rings. The first-order valence-electron chi connectivity index (χ1n) is 5.15. The van der Waals surface area contributed by atoms with Crippen LogP contribution in [0, 0.1) is 17.3 Å². The van der Waals surface area contributed by atoms with Gasteiger partial charge in [-0.3, -0.25) is 0 Å². The summed E-state index contributed by atoms with van der Waals surface area (Å²) in [7, 11) is 0. The van der Waals surface area contributed by atoms with Crippen LogP contribution in [0.5, 0.6) is 0 Å². The molecule has 0 aliphatic carbocycles.